The lowest BCUT2D eigenvalue weighted by molar-refractivity contribution is -0.149. The molecule has 4 heterocycles. The van der Waals surface area contributed by atoms with Crippen LogP contribution in [0.15, 0.2) is 11.6 Å². The Kier molecular flexibility index (Phi) is 3.48. The average Bonchev–Trinajstić information content (AvgIpc) is 3.04. The number of β-amino-alcohol motifs (C(OH)–C–C–N with tert-alkyl or cyclic N) is 1. The van der Waals surface area contributed by atoms with Crippen molar-refractivity contribution in [2.75, 3.05) is 32.7 Å². The number of hydrogen-bond acceptors (Lipinski definition) is 6. The zero-order valence-electron chi connectivity index (χ0n) is 12.8. The number of thiazole rings is 1. The normalized spacial score (nSPS) is 31.3. The van der Waals surface area contributed by atoms with Crippen molar-refractivity contribution in [3.8, 4) is 0 Å². The van der Waals surface area contributed by atoms with Crippen LogP contribution in [0.2, 0.25) is 0 Å². The van der Waals surface area contributed by atoms with Crippen LogP contribution in [0.25, 0.3) is 0 Å². The van der Waals surface area contributed by atoms with Crippen molar-refractivity contribution in [1.29, 1.82) is 0 Å². The van der Waals surface area contributed by atoms with E-state index in [-0.39, 0.29) is 17.6 Å². The number of hydrogen-bond donors (Lipinski definition) is 1. The summed E-state index contributed by atoms with van der Waals surface area (Å²) in [5.74, 6) is 0.152. The van der Waals surface area contributed by atoms with Crippen LogP contribution in [0.5, 0.6) is 0 Å². The molecule has 1 N–H and O–H groups in total. The highest BCUT2D eigenvalue weighted by Crippen LogP contribution is 2.39. The summed E-state index contributed by atoms with van der Waals surface area (Å²) in [5, 5.41) is 13.2. The number of aromatic nitrogens is 1. The second kappa shape index (κ2) is 5.26. The van der Waals surface area contributed by atoms with Crippen LogP contribution in [0, 0.1) is 0 Å². The zero-order valence-corrected chi connectivity index (χ0v) is 13.6. The molecule has 0 bridgehead atoms. The van der Waals surface area contributed by atoms with Gasteiger partial charge in [0.15, 0.2) is 0 Å². The number of aliphatic hydroxyl groups excluding tert-OH is 1. The Bertz CT molecular complexity index is 558. The highest BCUT2D eigenvalue weighted by atomic mass is 32.1. The molecule has 3 aliphatic rings. The number of amides is 1. The minimum Gasteiger partial charge on any atom is -0.392 e. The van der Waals surface area contributed by atoms with E-state index < -0.39 is 0 Å². The summed E-state index contributed by atoms with van der Waals surface area (Å²) in [5.41, 5.74) is 0.0311. The first-order chi connectivity index (χ1) is 10.6. The molecule has 1 amide bonds. The first kappa shape index (κ1) is 14.6. The summed E-state index contributed by atoms with van der Waals surface area (Å²) in [6, 6.07) is 0.315. The summed E-state index contributed by atoms with van der Waals surface area (Å²) < 4.78 is 0. The largest absolute Gasteiger partial charge is 0.392 e. The minimum atomic E-state index is -0.248. The molecule has 0 radical (unpaired) electrons. The fourth-order valence-electron chi connectivity index (χ4n) is 4.35. The molecule has 2 unspecified atom stereocenters. The van der Waals surface area contributed by atoms with Crippen molar-refractivity contribution in [1.82, 2.24) is 19.7 Å². The Morgan fingerprint density at radius 3 is 2.95 bits per heavy atom. The third-order valence-electron chi connectivity index (χ3n) is 5.24. The van der Waals surface area contributed by atoms with Crippen molar-refractivity contribution < 1.29 is 9.90 Å². The van der Waals surface area contributed by atoms with Crippen molar-refractivity contribution in [3.05, 3.63) is 16.6 Å². The predicted molar refractivity (Wildman–Crippen MR) is 83.5 cm³/mol. The van der Waals surface area contributed by atoms with E-state index in [0.29, 0.717) is 6.04 Å². The van der Waals surface area contributed by atoms with E-state index in [1.165, 1.54) is 0 Å². The number of fused-ring (bicyclic) bond motifs is 2. The Morgan fingerprint density at radius 1 is 1.45 bits per heavy atom. The lowest BCUT2D eigenvalue weighted by Gasteiger charge is -2.60. The molecule has 1 aromatic rings. The van der Waals surface area contributed by atoms with Crippen LogP contribution < -0.4 is 0 Å². The van der Waals surface area contributed by atoms with Crippen LogP contribution >= 0.6 is 11.3 Å². The smallest absolute Gasteiger partial charge is 0.219 e. The highest BCUT2D eigenvalue weighted by molar-refractivity contribution is 7.09. The lowest BCUT2D eigenvalue weighted by atomic mass is 9.83. The molecule has 6 nitrogen and oxygen atoms in total. The molecule has 2 atom stereocenters. The van der Waals surface area contributed by atoms with E-state index in [1.807, 2.05) is 16.5 Å². The van der Waals surface area contributed by atoms with Crippen LogP contribution in [0.1, 0.15) is 18.4 Å². The Morgan fingerprint density at radius 2 is 2.27 bits per heavy atom. The lowest BCUT2D eigenvalue weighted by Crippen LogP contribution is -2.78. The molecular formula is C15H22N4O2S. The van der Waals surface area contributed by atoms with Crippen molar-refractivity contribution >= 4 is 17.2 Å². The molecule has 4 rings (SSSR count). The molecule has 0 saturated carbocycles. The topological polar surface area (TPSA) is 59.9 Å². The third kappa shape index (κ3) is 2.36. The number of likely N-dealkylation sites (tertiary alicyclic amines) is 1. The van der Waals surface area contributed by atoms with Gasteiger partial charge in [0.1, 0.15) is 5.01 Å². The second-order valence-corrected chi connectivity index (χ2v) is 7.87. The van der Waals surface area contributed by atoms with E-state index >= 15 is 0 Å². The molecule has 3 fully saturated rings. The monoisotopic (exact) mass is 322 g/mol. The number of piperazine rings is 1. The Balaban J connectivity index is 1.48. The van der Waals surface area contributed by atoms with Gasteiger partial charge in [-0.15, -0.1) is 11.3 Å². The molecule has 7 heteroatoms. The molecule has 22 heavy (non-hydrogen) atoms. The molecular weight excluding hydrogens is 300 g/mol. The standard InChI is InChI=1S/C15H22N4O2S/c1-11(20)18-5-12-4-13(21)6-19(12)15(10-18)8-17(9-15)7-14-16-2-3-22-14/h2-3,12-13,21H,4-10H2,1H3. The summed E-state index contributed by atoms with van der Waals surface area (Å²) in [6.45, 7) is 6.77. The van der Waals surface area contributed by atoms with Gasteiger partial charge in [-0.2, -0.15) is 0 Å². The summed E-state index contributed by atoms with van der Waals surface area (Å²) in [4.78, 5) is 23.0. The van der Waals surface area contributed by atoms with Gasteiger partial charge in [-0.05, 0) is 6.42 Å². The number of rotatable bonds is 2. The molecule has 120 valence electrons. The Labute approximate surface area is 134 Å². The van der Waals surface area contributed by atoms with Gasteiger partial charge in [0, 0.05) is 57.3 Å². The van der Waals surface area contributed by atoms with Gasteiger partial charge in [0.2, 0.25) is 5.91 Å². The van der Waals surface area contributed by atoms with E-state index in [1.54, 1.807) is 18.3 Å². The SMILES string of the molecule is CC(=O)N1CC2CC(O)CN2C2(CN(Cc3nccs3)C2)C1. The predicted octanol–water partition coefficient (Wildman–Crippen LogP) is -0.00520. The van der Waals surface area contributed by atoms with E-state index in [9.17, 15) is 9.90 Å². The number of carbonyl (C=O) groups excluding carboxylic acids is 1. The summed E-state index contributed by atoms with van der Waals surface area (Å²) in [6.07, 6.45) is 2.39. The fraction of sp³-hybridized carbons (Fsp3) is 0.733. The maximum absolute atomic E-state index is 11.9. The summed E-state index contributed by atoms with van der Waals surface area (Å²) >= 11 is 1.69. The van der Waals surface area contributed by atoms with E-state index in [2.05, 4.69) is 14.8 Å². The van der Waals surface area contributed by atoms with Gasteiger partial charge >= 0.3 is 0 Å². The van der Waals surface area contributed by atoms with Crippen LogP contribution in [-0.2, 0) is 11.3 Å². The molecule has 0 aromatic carbocycles. The minimum absolute atomic E-state index is 0.0311. The number of nitrogens with zero attached hydrogens (tertiary/aromatic N) is 4. The number of carbonyl (C=O) groups is 1. The molecule has 1 aromatic heterocycles. The van der Waals surface area contributed by atoms with Crippen LogP contribution in [-0.4, -0.2) is 81.1 Å². The third-order valence-corrected chi connectivity index (χ3v) is 6.01. The van der Waals surface area contributed by atoms with E-state index in [4.69, 9.17) is 0 Å². The van der Waals surface area contributed by atoms with Gasteiger partial charge < -0.3 is 10.0 Å². The maximum Gasteiger partial charge on any atom is 0.219 e. The average molecular weight is 322 g/mol. The van der Waals surface area contributed by atoms with Gasteiger partial charge in [-0.1, -0.05) is 0 Å². The molecule has 3 aliphatic heterocycles. The van der Waals surface area contributed by atoms with Crippen molar-refractivity contribution in [2.45, 2.75) is 37.6 Å². The van der Waals surface area contributed by atoms with Crippen LogP contribution in [0.4, 0.5) is 0 Å². The van der Waals surface area contributed by atoms with Crippen molar-refractivity contribution in [2.24, 2.45) is 0 Å². The summed E-state index contributed by atoms with van der Waals surface area (Å²) in [7, 11) is 0. The number of aliphatic hydroxyl groups is 1. The first-order valence-electron chi connectivity index (χ1n) is 7.87. The van der Waals surface area contributed by atoms with Gasteiger partial charge in [0.25, 0.3) is 0 Å². The first-order valence-corrected chi connectivity index (χ1v) is 8.75. The fourth-order valence-corrected chi connectivity index (χ4v) is 5.01. The van der Waals surface area contributed by atoms with E-state index in [0.717, 1.165) is 50.7 Å². The highest BCUT2D eigenvalue weighted by Gasteiger charge is 2.56. The molecule has 1 spiro atoms. The zero-order chi connectivity index (χ0) is 15.3. The Hall–Kier alpha value is -1.02. The van der Waals surface area contributed by atoms with Crippen LogP contribution in [0.3, 0.4) is 0 Å². The van der Waals surface area contributed by atoms with Gasteiger partial charge in [0.05, 0.1) is 18.2 Å². The second-order valence-electron chi connectivity index (χ2n) is 6.89. The quantitative estimate of drug-likeness (QED) is 0.830. The molecule has 0 aliphatic carbocycles. The maximum atomic E-state index is 11.9. The van der Waals surface area contributed by atoms with Gasteiger partial charge in [-0.25, -0.2) is 4.98 Å². The molecule has 3 saturated heterocycles. The van der Waals surface area contributed by atoms with Gasteiger partial charge in [-0.3, -0.25) is 14.6 Å². The van der Waals surface area contributed by atoms with Crippen molar-refractivity contribution in [3.63, 3.8) is 0 Å².